The molecule has 0 spiro atoms. The lowest BCUT2D eigenvalue weighted by atomic mass is 10.5. The molecule has 0 aromatic carbocycles. The molecule has 0 N–H and O–H groups in total. The topological polar surface area (TPSA) is 34.9 Å². The molecule has 0 aliphatic rings. The molecular weight excluding hydrogens is 253 g/mol. The summed E-state index contributed by atoms with van der Waals surface area (Å²) in [6, 6.07) is 0. The first-order chi connectivity index (χ1) is 5.92. The van der Waals surface area contributed by atoms with Gasteiger partial charge in [0.05, 0.1) is 0 Å². The molecule has 1 heterocycles. The third-order valence-corrected chi connectivity index (χ3v) is 1.62. The van der Waals surface area contributed by atoms with Gasteiger partial charge >= 0.3 is 6.18 Å². The van der Waals surface area contributed by atoms with Crippen LogP contribution in [0.15, 0.2) is 10.8 Å². The molecule has 1 aromatic rings. The number of alkyl halides is 3. The molecule has 1 aromatic heterocycles. The maximum absolute atomic E-state index is 11.9. The fourth-order valence-corrected chi connectivity index (χ4v) is 1.24. The van der Waals surface area contributed by atoms with Gasteiger partial charge in [0.1, 0.15) is 11.1 Å². The molecule has 0 bridgehead atoms. The van der Waals surface area contributed by atoms with E-state index in [1.54, 1.807) is 0 Å². The van der Waals surface area contributed by atoms with Gasteiger partial charge in [-0.05, 0) is 15.9 Å². The van der Waals surface area contributed by atoms with Crippen LogP contribution in [0.5, 0.6) is 0 Å². The molecule has 0 radical (unpaired) electrons. The Hall–Kier alpha value is -0.850. The van der Waals surface area contributed by atoms with E-state index in [0.717, 1.165) is 10.8 Å². The fraction of sp³-hybridized carbons (Fsp3) is 0.333. The molecular formula is C6H4BrF3N2O. The SMILES string of the molecule is O=Cc1nc(Br)cn1CC(F)(F)F. The van der Waals surface area contributed by atoms with Crippen LogP contribution in [0.3, 0.4) is 0 Å². The van der Waals surface area contributed by atoms with E-state index >= 15 is 0 Å². The van der Waals surface area contributed by atoms with Gasteiger partial charge in [-0.1, -0.05) is 0 Å². The molecule has 0 saturated carbocycles. The summed E-state index contributed by atoms with van der Waals surface area (Å²) in [6.45, 7) is -1.21. The zero-order valence-electron chi connectivity index (χ0n) is 6.18. The molecule has 0 unspecified atom stereocenters. The van der Waals surface area contributed by atoms with E-state index in [4.69, 9.17) is 0 Å². The zero-order chi connectivity index (χ0) is 10.1. The number of imidazole rings is 1. The van der Waals surface area contributed by atoms with Gasteiger partial charge < -0.3 is 4.57 Å². The van der Waals surface area contributed by atoms with Crippen LogP contribution in [0.1, 0.15) is 10.6 Å². The van der Waals surface area contributed by atoms with Crippen LogP contribution in [0, 0.1) is 0 Å². The second-order valence-electron chi connectivity index (χ2n) is 2.28. The molecule has 72 valence electrons. The highest BCUT2D eigenvalue weighted by atomic mass is 79.9. The molecule has 0 aliphatic carbocycles. The van der Waals surface area contributed by atoms with Gasteiger partial charge in [0.2, 0.25) is 0 Å². The maximum atomic E-state index is 11.9. The van der Waals surface area contributed by atoms with Crippen molar-refractivity contribution in [2.24, 2.45) is 0 Å². The fourth-order valence-electron chi connectivity index (χ4n) is 0.811. The Morgan fingerprint density at radius 2 is 2.23 bits per heavy atom. The number of aldehydes is 1. The van der Waals surface area contributed by atoms with Crippen molar-refractivity contribution in [2.75, 3.05) is 0 Å². The van der Waals surface area contributed by atoms with E-state index in [0.29, 0.717) is 0 Å². The Labute approximate surface area is 79.7 Å². The van der Waals surface area contributed by atoms with E-state index in [-0.39, 0.29) is 16.7 Å². The van der Waals surface area contributed by atoms with Crippen molar-refractivity contribution >= 4 is 22.2 Å². The van der Waals surface area contributed by atoms with Crippen molar-refractivity contribution in [1.82, 2.24) is 9.55 Å². The Bertz CT molecular complexity index is 320. The second kappa shape index (κ2) is 3.49. The zero-order valence-corrected chi connectivity index (χ0v) is 7.76. The van der Waals surface area contributed by atoms with E-state index in [1.165, 1.54) is 0 Å². The molecule has 1 rings (SSSR count). The largest absolute Gasteiger partial charge is 0.406 e. The lowest BCUT2D eigenvalue weighted by Gasteiger charge is -2.07. The summed E-state index contributed by atoms with van der Waals surface area (Å²) in [6.07, 6.45) is -2.97. The van der Waals surface area contributed by atoms with Gasteiger partial charge in [-0.25, -0.2) is 4.98 Å². The minimum absolute atomic E-state index is 0.207. The summed E-state index contributed by atoms with van der Waals surface area (Å²) >= 11 is 2.87. The lowest BCUT2D eigenvalue weighted by molar-refractivity contribution is -0.140. The van der Waals surface area contributed by atoms with Crippen molar-refractivity contribution in [3.05, 3.63) is 16.6 Å². The van der Waals surface area contributed by atoms with Crippen molar-refractivity contribution in [3.63, 3.8) is 0 Å². The minimum Gasteiger partial charge on any atom is -0.318 e. The summed E-state index contributed by atoms with van der Waals surface area (Å²) in [5.74, 6) is -0.246. The van der Waals surface area contributed by atoms with E-state index in [2.05, 4.69) is 20.9 Å². The smallest absolute Gasteiger partial charge is 0.318 e. The first-order valence-corrected chi connectivity index (χ1v) is 3.96. The van der Waals surface area contributed by atoms with Crippen LogP contribution >= 0.6 is 15.9 Å². The van der Waals surface area contributed by atoms with Gasteiger partial charge in [0.15, 0.2) is 12.1 Å². The van der Waals surface area contributed by atoms with Crippen molar-refractivity contribution in [3.8, 4) is 0 Å². The van der Waals surface area contributed by atoms with Crippen molar-refractivity contribution in [1.29, 1.82) is 0 Å². The van der Waals surface area contributed by atoms with Gasteiger partial charge in [-0.15, -0.1) is 0 Å². The van der Waals surface area contributed by atoms with Crippen LogP contribution in [-0.2, 0) is 6.54 Å². The molecule has 0 atom stereocenters. The third-order valence-electron chi connectivity index (χ3n) is 1.23. The summed E-state index contributed by atoms with van der Waals surface area (Å²) in [5.41, 5.74) is 0. The van der Waals surface area contributed by atoms with Crippen LogP contribution in [0.4, 0.5) is 13.2 Å². The average molecular weight is 257 g/mol. The predicted octanol–water partition coefficient (Wildman–Crippen LogP) is 2.02. The molecule has 0 fully saturated rings. The summed E-state index contributed by atoms with van der Waals surface area (Å²) in [5, 5.41) is 0. The van der Waals surface area contributed by atoms with Crippen LogP contribution in [-0.4, -0.2) is 22.0 Å². The second-order valence-corrected chi connectivity index (χ2v) is 3.10. The van der Waals surface area contributed by atoms with Crippen LogP contribution < -0.4 is 0 Å². The summed E-state index contributed by atoms with van der Waals surface area (Å²) in [4.78, 5) is 13.8. The number of carbonyl (C=O) groups is 1. The Morgan fingerprint density at radius 1 is 1.62 bits per heavy atom. The third kappa shape index (κ3) is 2.83. The highest BCUT2D eigenvalue weighted by molar-refractivity contribution is 9.10. The van der Waals surface area contributed by atoms with E-state index in [9.17, 15) is 18.0 Å². The number of carbonyl (C=O) groups excluding carboxylic acids is 1. The first-order valence-electron chi connectivity index (χ1n) is 3.17. The lowest BCUT2D eigenvalue weighted by Crippen LogP contribution is -2.18. The van der Waals surface area contributed by atoms with Gasteiger partial charge in [-0.3, -0.25) is 4.79 Å². The maximum Gasteiger partial charge on any atom is 0.406 e. The number of hydrogen-bond donors (Lipinski definition) is 0. The molecule has 0 aliphatic heterocycles. The van der Waals surface area contributed by atoms with Crippen LogP contribution in [0.2, 0.25) is 0 Å². The monoisotopic (exact) mass is 256 g/mol. The highest BCUT2D eigenvalue weighted by Gasteiger charge is 2.29. The molecule has 0 amide bonds. The average Bonchev–Trinajstić information content (AvgIpc) is 2.27. The number of hydrogen-bond acceptors (Lipinski definition) is 2. The quantitative estimate of drug-likeness (QED) is 0.759. The first kappa shape index (κ1) is 10.2. The Balaban J connectivity index is 2.93. The number of rotatable bonds is 2. The molecule has 13 heavy (non-hydrogen) atoms. The highest BCUT2D eigenvalue weighted by Crippen LogP contribution is 2.19. The standard InChI is InChI=1S/C6H4BrF3N2O/c7-4-1-12(3-6(8,9)10)5(2-13)11-4/h1-2H,3H2. The van der Waals surface area contributed by atoms with Crippen molar-refractivity contribution < 1.29 is 18.0 Å². The molecule has 0 saturated heterocycles. The predicted molar refractivity (Wildman–Crippen MR) is 41.4 cm³/mol. The molecule has 7 heteroatoms. The number of nitrogens with zero attached hydrogens (tertiary/aromatic N) is 2. The van der Waals surface area contributed by atoms with E-state index in [1.807, 2.05) is 0 Å². The van der Waals surface area contributed by atoms with Crippen LogP contribution in [0.25, 0.3) is 0 Å². The minimum atomic E-state index is -4.35. The Kier molecular flexibility index (Phi) is 2.74. The van der Waals surface area contributed by atoms with Gasteiger partial charge in [0.25, 0.3) is 0 Å². The number of halogens is 4. The Morgan fingerprint density at radius 3 is 2.69 bits per heavy atom. The van der Waals surface area contributed by atoms with Gasteiger partial charge in [0, 0.05) is 6.20 Å². The number of aromatic nitrogens is 2. The van der Waals surface area contributed by atoms with E-state index < -0.39 is 12.7 Å². The normalized spacial score (nSPS) is 11.7. The molecule has 3 nitrogen and oxygen atoms in total. The summed E-state index contributed by atoms with van der Waals surface area (Å²) < 4.78 is 36.6. The van der Waals surface area contributed by atoms with Crippen molar-refractivity contribution in [2.45, 2.75) is 12.7 Å². The van der Waals surface area contributed by atoms with Gasteiger partial charge in [-0.2, -0.15) is 13.2 Å². The summed E-state index contributed by atoms with van der Waals surface area (Å²) in [7, 11) is 0.